The predicted octanol–water partition coefficient (Wildman–Crippen LogP) is 3.39. The van der Waals surface area contributed by atoms with Gasteiger partial charge >= 0.3 is 0 Å². The molecule has 1 N–H and O–H groups in total. The van der Waals surface area contributed by atoms with Gasteiger partial charge in [0.15, 0.2) is 0 Å². The summed E-state index contributed by atoms with van der Waals surface area (Å²) < 4.78 is 2.08. The van der Waals surface area contributed by atoms with E-state index in [9.17, 15) is 4.79 Å². The van der Waals surface area contributed by atoms with E-state index >= 15 is 0 Å². The van der Waals surface area contributed by atoms with Crippen LogP contribution in [-0.2, 0) is 17.8 Å². The average Bonchev–Trinajstić information content (AvgIpc) is 2.89. The number of rotatable bonds is 2. The van der Waals surface area contributed by atoms with Crippen LogP contribution < -0.4 is 5.32 Å². The molecule has 0 fully saturated rings. The van der Waals surface area contributed by atoms with Crippen molar-refractivity contribution in [1.29, 1.82) is 0 Å². The van der Waals surface area contributed by atoms with E-state index in [0.717, 1.165) is 18.7 Å². The molecule has 4 nitrogen and oxygen atoms in total. The number of amides is 1. The second-order valence-corrected chi connectivity index (χ2v) is 5.73. The fourth-order valence-corrected chi connectivity index (χ4v) is 2.87. The van der Waals surface area contributed by atoms with Crippen LogP contribution in [0.1, 0.15) is 12.1 Å². The minimum atomic E-state index is -0.0501. The van der Waals surface area contributed by atoms with Gasteiger partial charge in [0.25, 0.3) is 0 Å². The monoisotopic (exact) mass is 309 g/mol. The molecule has 1 unspecified atom stereocenters. The van der Waals surface area contributed by atoms with E-state index in [2.05, 4.69) is 14.9 Å². The summed E-state index contributed by atoms with van der Waals surface area (Å²) in [6.07, 6.45) is 5.13. The molecule has 0 saturated heterocycles. The topological polar surface area (TPSA) is 46.9 Å². The average molecular weight is 310 g/mol. The minimum Gasteiger partial charge on any atom is -0.335 e. The first-order valence-electron chi connectivity index (χ1n) is 6.38. The number of hydrogen-bond acceptors (Lipinski definition) is 2. The van der Waals surface area contributed by atoms with Gasteiger partial charge < -0.3 is 9.88 Å². The van der Waals surface area contributed by atoms with E-state index in [1.807, 2.05) is 6.20 Å². The molecule has 0 radical (unpaired) electrons. The van der Waals surface area contributed by atoms with Gasteiger partial charge in [0.2, 0.25) is 5.91 Å². The Morgan fingerprint density at radius 1 is 1.40 bits per heavy atom. The van der Waals surface area contributed by atoms with Crippen molar-refractivity contribution in [3.05, 3.63) is 46.5 Å². The van der Waals surface area contributed by atoms with E-state index in [-0.39, 0.29) is 11.8 Å². The maximum atomic E-state index is 12.3. The maximum absolute atomic E-state index is 12.3. The van der Waals surface area contributed by atoms with Crippen molar-refractivity contribution in [2.75, 3.05) is 5.32 Å². The summed E-state index contributed by atoms with van der Waals surface area (Å²) in [6, 6.07) is 5.04. The third-order valence-electron chi connectivity index (χ3n) is 3.53. The van der Waals surface area contributed by atoms with Crippen LogP contribution in [0.4, 0.5) is 5.69 Å². The fraction of sp³-hybridized carbons (Fsp3) is 0.286. The minimum absolute atomic E-state index is 0.0123. The molecule has 20 heavy (non-hydrogen) atoms. The maximum Gasteiger partial charge on any atom is 0.227 e. The molecule has 3 rings (SSSR count). The Hall–Kier alpha value is -1.52. The molecule has 1 aromatic carbocycles. The molecule has 0 spiro atoms. The third kappa shape index (κ3) is 2.67. The predicted molar refractivity (Wildman–Crippen MR) is 79.1 cm³/mol. The Balaban J connectivity index is 1.71. The lowest BCUT2D eigenvalue weighted by molar-refractivity contribution is -0.120. The first-order chi connectivity index (χ1) is 9.63. The van der Waals surface area contributed by atoms with E-state index < -0.39 is 0 Å². The van der Waals surface area contributed by atoms with Crippen LogP contribution in [0.5, 0.6) is 0 Å². The number of carbonyl (C=O) groups excluding carboxylic acids is 1. The molecule has 1 aliphatic heterocycles. The summed E-state index contributed by atoms with van der Waals surface area (Å²) in [5, 5.41) is 3.87. The molecule has 1 aromatic heterocycles. The van der Waals surface area contributed by atoms with Crippen molar-refractivity contribution in [2.45, 2.75) is 19.4 Å². The van der Waals surface area contributed by atoms with Crippen LogP contribution >= 0.6 is 23.2 Å². The van der Waals surface area contributed by atoms with Crippen molar-refractivity contribution in [3.63, 3.8) is 0 Å². The van der Waals surface area contributed by atoms with Gasteiger partial charge in [0.1, 0.15) is 0 Å². The number of fused-ring (bicyclic) bond motifs is 1. The molecule has 0 aliphatic carbocycles. The fourth-order valence-electron chi connectivity index (χ4n) is 2.42. The number of aromatic nitrogens is 2. The Morgan fingerprint density at radius 2 is 2.25 bits per heavy atom. The number of hydrogen-bond donors (Lipinski definition) is 1. The summed E-state index contributed by atoms with van der Waals surface area (Å²) in [4.78, 5) is 16.4. The summed E-state index contributed by atoms with van der Waals surface area (Å²) in [7, 11) is 0. The van der Waals surface area contributed by atoms with Crippen LogP contribution in [0.2, 0.25) is 10.0 Å². The summed E-state index contributed by atoms with van der Waals surface area (Å²) >= 11 is 11.9. The first-order valence-corrected chi connectivity index (χ1v) is 7.14. The van der Waals surface area contributed by atoms with Crippen LogP contribution in [0.3, 0.4) is 0 Å². The molecule has 0 saturated carbocycles. The second-order valence-electron chi connectivity index (χ2n) is 4.88. The van der Waals surface area contributed by atoms with Crippen molar-refractivity contribution in [2.24, 2.45) is 5.92 Å². The Kier molecular flexibility index (Phi) is 3.68. The van der Waals surface area contributed by atoms with Gasteiger partial charge in [0, 0.05) is 35.8 Å². The largest absolute Gasteiger partial charge is 0.335 e. The van der Waals surface area contributed by atoms with E-state index in [4.69, 9.17) is 23.2 Å². The lowest BCUT2D eigenvalue weighted by atomic mass is 9.95. The smallest absolute Gasteiger partial charge is 0.227 e. The zero-order valence-electron chi connectivity index (χ0n) is 10.6. The number of benzene rings is 1. The molecule has 1 aliphatic rings. The Morgan fingerprint density at radius 3 is 3.05 bits per heavy atom. The van der Waals surface area contributed by atoms with Gasteiger partial charge in [-0.3, -0.25) is 4.79 Å². The third-order valence-corrected chi connectivity index (χ3v) is 4.08. The van der Waals surface area contributed by atoms with Gasteiger partial charge in [0.05, 0.1) is 17.0 Å². The standard InChI is InChI=1S/C14H13Cl2N3O/c15-10-1-2-13(12(16)6-10)18-14(20)9-3-4-19-8-17-7-11(19)5-9/h1-2,6-9H,3-5H2,(H,18,20). The van der Waals surface area contributed by atoms with Crippen molar-refractivity contribution in [3.8, 4) is 0 Å². The number of nitrogens with zero attached hydrogens (tertiary/aromatic N) is 2. The molecular weight excluding hydrogens is 297 g/mol. The van der Waals surface area contributed by atoms with Crippen LogP contribution in [0, 0.1) is 5.92 Å². The second kappa shape index (κ2) is 5.46. The van der Waals surface area contributed by atoms with Crippen molar-refractivity contribution >= 4 is 34.8 Å². The molecule has 2 aromatic rings. The molecule has 1 atom stereocenters. The van der Waals surface area contributed by atoms with Gasteiger partial charge in [-0.25, -0.2) is 4.98 Å². The van der Waals surface area contributed by atoms with E-state index in [0.29, 0.717) is 22.2 Å². The van der Waals surface area contributed by atoms with Crippen LogP contribution in [0.15, 0.2) is 30.7 Å². The highest BCUT2D eigenvalue weighted by molar-refractivity contribution is 6.36. The molecule has 2 heterocycles. The quantitative estimate of drug-likeness (QED) is 0.924. The van der Waals surface area contributed by atoms with Gasteiger partial charge in [-0.1, -0.05) is 23.2 Å². The highest BCUT2D eigenvalue weighted by Crippen LogP contribution is 2.27. The summed E-state index contributed by atoms with van der Waals surface area (Å²) in [6.45, 7) is 0.821. The van der Waals surface area contributed by atoms with E-state index in [1.54, 1.807) is 24.5 Å². The molecule has 6 heteroatoms. The SMILES string of the molecule is O=C(Nc1ccc(Cl)cc1Cl)C1CCn2cncc2C1. The lowest BCUT2D eigenvalue weighted by Crippen LogP contribution is -2.30. The summed E-state index contributed by atoms with van der Waals surface area (Å²) in [5.74, 6) is -0.0624. The highest BCUT2D eigenvalue weighted by atomic mass is 35.5. The van der Waals surface area contributed by atoms with Gasteiger partial charge in [-0.05, 0) is 24.6 Å². The molecule has 104 valence electrons. The molecular formula is C14H13Cl2N3O. The number of carbonyl (C=O) groups is 1. The molecule has 1 amide bonds. The zero-order valence-corrected chi connectivity index (χ0v) is 12.2. The Labute approximate surface area is 126 Å². The van der Waals surface area contributed by atoms with Gasteiger partial charge in [-0.15, -0.1) is 0 Å². The van der Waals surface area contributed by atoms with Crippen LogP contribution in [0.25, 0.3) is 0 Å². The van der Waals surface area contributed by atoms with E-state index in [1.165, 1.54) is 0 Å². The number of nitrogens with one attached hydrogen (secondary N) is 1. The van der Waals surface area contributed by atoms with Crippen LogP contribution in [-0.4, -0.2) is 15.5 Å². The van der Waals surface area contributed by atoms with Crippen molar-refractivity contribution in [1.82, 2.24) is 9.55 Å². The molecule has 0 bridgehead atoms. The first kappa shape index (κ1) is 13.5. The zero-order chi connectivity index (χ0) is 14.1. The number of anilines is 1. The highest BCUT2D eigenvalue weighted by Gasteiger charge is 2.25. The Bertz CT molecular complexity index is 654. The number of halogens is 2. The lowest BCUT2D eigenvalue weighted by Gasteiger charge is -2.23. The van der Waals surface area contributed by atoms with Gasteiger partial charge in [-0.2, -0.15) is 0 Å². The summed E-state index contributed by atoms with van der Waals surface area (Å²) in [5.41, 5.74) is 1.69. The normalized spacial score (nSPS) is 17.6. The van der Waals surface area contributed by atoms with Crippen molar-refractivity contribution < 1.29 is 4.79 Å². The number of imidazole rings is 1. The number of aryl methyl sites for hydroxylation is 1.